The Morgan fingerprint density at radius 3 is 2.05 bits per heavy atom. The van der Waals surface area contributed by atoms with Crippen molar-refractivity contribution in [1.82, 2.24) is 0 Å². The lowest BCUT2D eigenvalue weighted by Crippen LogP contribution is -2.03. The van der Waals surface area contributed by atoms with Gasteiger partial charge in [0.05, 0.1) is 25.3 Å². The van der Waals surface area contributed by atoms with Crippen LogP contribution >= 0.6 is 23.2 Å². The predicted octanol–water partition coefficient (Wildman–Crippen LogP) is 5.24. The molecule has 0 spiro atoms. The third-order valence-corrected chi connectivity index (χ3v) is 3.84. The SMILES string of the molecule is COc1ccccc1OCCCCOc1cccc(Cl)c1Cl. The van der Waals surface area contributed by atoms with E-state index in [0.29, 0.717) is 29.0 Å². The molecule has 2 aromatic carbocycles. The van der Waals surface area contributed by atoms with Gasteiger partial charge in [-0.05, 0) is 37.1 Å². The summed E-state index contributed by atoms with van der Waals surface area (Å²) in [5, 5.41) is 0.952. The molecule has 0 aromatic heterocycles. The first-order valence-corrected chi connectivity index (χ1v) is 7.80. The molecule has 0 heterocycles. The Labute approximate surface area is 140 Å². The van der Waals surface area contributed by atoms with Crippen molar-refractivity contribution in [3.05, 3.63) is 52.5 Å². The molecule has 0 saturated carbocycles. The second kappa shape index (κ2) is 8.76. The lowest BCUT2D eigenvalue weighted by Gasteiger charge is -2.11. The summed E-state index contributed by atoms with van der Waals surface area (Å²) < 4.78 is 16.5. The molecule has 2 aromatic rings. The first-order valence-electron chi connectivity index (χ1n) is 7.05. The first-order chi connectivity index (χ1) is 10.7. The number of ether oxygens (including phenoxy) is 3. The van der Waals surface area contributed by atoms with Gasteiger partial charge in [-0.25, -0.2) is 0 Å². The zero-order valence-electron chi connectivity index (χ0n) is 12.4. The van der Waals surface area contributed by atoms with Crippen LogP contribution < -0.4 is 14.2 Å². The van der Waals surface area contributed by atoms with E-state index in [1.165, 1.54) is 0 Å². The van der Waals surface area contributed by atoms with Gasteiger partial charge >= 0.3 is 0 Å². The highest BCUT2D eigenvalue weighted by Crippen LogP contribution is 2.31. The predicted molar refractivity (Wildman–Crippen MR) is 89.7 cm³/mol. The Bertz CT molecular complexity index is 602. The van der Waals surface area contributed by atoms with Gasteiger partial charge in [-0.1, -0.05) is 41.4 Å². The van der Waals surface area contributed by atoms with Gasteiger partial charge in [0.25, 0.3) is 0 Å². The molecule has 0 aliphatic heterocycles. The van der Waals surface area contributed by atoms with E-state index in [1.807, 2.05) is 30.3 Å². The molecule has 0 unspecified atom stereocenters. The summed E-state index contributed by atoms with van der Waals surface area (Å²) in [7, 11) is 1.63. The van der Waals surface area contributed by atoms with E-state index in [4.69, 9.17) is 37.4 Å². The smallest absolute Gasteiger partial charge is 0.161 e. The largest absolute Gasteiger partial charge is 0.493 e. The van der Waals surface area contributed by atoms with Crippen LogP contribution in [0.4, 0.5) is 0 Å². The molecule has 0 bridgehead atoms. The van der Waals surface area contributed by atoms with E-state index >= 15 is 0 Å². The monoisotopic (exact) mass is 340 g/mol. The molecule has 5 heteroatoms. The molecule has 3 nitrogen and oxygen atoms in total. The number of hydrogen-bond donors (Lipinski definition) is 0. The zero-order valence-corrected chi connectivity index (χ0v) is 13.9. The molecule has 0 atom stereocenters. The molecule has 22 heavy (non-hydrogen) atoms. The summed E-state index contributed by atoms with van der Waals surface area (Å²) in [6.45, 7) is 1.17. The highest BCUT2D eigenvalue weighted by atomic mass is 35.5. The van der Waals surface area contributed by atoms with Gasteiger partial charge in [0.1, 0.15) is 10.8 Å². The molecule has 0 saturated heterocycles. The second-order valence-corrected chi connectivity index (χ2v) is 5.39. The standard InChI is InChI=1S/C17H18Cl2O3/c1-20-14-8-2-3-9-15(14)21-11-4-5-12-22-16-10-6-7-13(18)17(16)19/h2-3,6-10H,4-5,11-12H2,1H3. The number of halogens is 2. The summed E-state index contributed by atoms with van der Waals surface area (Å²) in [5.74, 6) is 2.10. The summed E-state index contributed by atoms with van der Waals surface area (Å²) in [5.41, 5.74) is 0. The summed E-state index contributed by atoms with van der Waals surface area (Å²) in [6.07, 6.45) is 1.73. The molecule has 0 radical (unpaired) electrons. The van der Waals surface area contributed by atoms with Gasteiger partial charge in [-0.15, -0.1) is 0 Å². The van der Waals surface area contributed by atoms with E-state index in [2.05, 4.69) is 0 Å². The molecule has 0 N–H and O–H groups in total. The van der Waals surface area contributed by atoms with E-state index in [9.17, 15) is 0 Å². The Balaban J connectivity index is 1.68. The number of benzene rings is 2. The fraction of sp³-hybridized carbons (Fsp3) is 0.294. The van der Waals surface area contributed by atoms with Gasteiger partial charge < -0.3 is 14.2 Å². The average molecular weight is 341 g/mol. The molecule has 118 valence electrons. The molecule has 0 amide bonds. The van der Waals surface area contributed by atoms with Crippen molar-refractivity contribution < 1.29 is 14.2 Å². The third kappa shape index (κ3) is 4.72. The van der Waals surface area contributed by atoms with Crippen LogP contribution in [0.2, 0.25) is 10.0 Å². The molecule has 0 aliphatic rings. The quantitative estimate of drug-likeness (QED) is 0.615. The van der Waals surface area contributed by atoms with Gasteiger partial charge in [0.15, 0.2) is 11.5 Å². The van der Waals surface area contributed by atoms with Crippen molar-refractivity contribution >= 4 is 23.2 Å². The second-order valence-electron chi connectivity index (χ2n) is 4.61. The third-order valence-electron chi connectivity index (χ3n) is 3.04. The summed E-state index contributed by atoms with van der Waals surface area (Å²) in [6, 6.07) is 12.9. The van der Waals surface area contributed by atoms with Crippen LogP contribution in [0.15, 0.2) is 42.5 Å². The van der Waals surface area contributed by atoms with Crippen LogP contribution in [0.5, 0.6) is 17.2 Å². The fourth-order valence-electron chi connectivity index (χ4n) is 1.90. The summed E-state index contributed by atoms with van der Waals surface area (Å²) >= 11 is 12.0. The minimum absolute atomic E-state index is 0.453. The van der Waals surface area contributed by atoms with E-state index < -0.39 is 0 Å². The lowest BCUT2D eigenvalue weighted by atomic mass is 10.3. The summed E-state index contributed by atoms with van der Waals surface area (Å²) in [4.78, 5) is 0. The van der Waals surface area contributed by atoms with Crippen molar-refractivity contribution in [2.45, 2.75) is 12.8 Å². The van der Waals surface area contributed by atoms with Crippen molar-refractivity contribution in [3.63, 3.8) is 0 Å². The Morgan fingerprint density at radius 1 is 0.773 bits per heavy atom. The maximum Gasteiger partial charge on any atom is 0.161 e. The van der Waals surface area contributed by atoms with Crippen molar-refractivity contribution in [3.8, 4) is 17.2 Å². The van der Waals surface area contributed by atoms with Gasteiger partial charge in [-0.3, -0.25) is 0 Å². The number of unbranched alkanes of at least 4 members (excludes halogenated alkanes) is 1. The molecule has 0 fully saturated rings. The fourth-order valence-corrected chi connectivity index (χ4v) is 2.25. The lowest BCUT2D eigenvalue weighted by molar-refractivity contribution is 0.258. The number of rotatable bonds is 8. The Morgan fingerprint density at radius 2 is 1.36 bits per heavy atom. The van der Waals surface area contributed by atoms with Crippen molar-refractivity contribution in [2.75, 3.05) is 20.3 Å². The van der Waals surface area contributed by atoms with Gasteiger partial charge in [0, 0.05) is 0 Å². The zero-order chi connectivity index (χ0) is 15.8. The van der Waals surface area contributed by atoms with E-state index in [-0.39, 0.29) is 0 Å². The number of methoxy groups -OCH3 is 1. The van der Waals surface area contributed by atoms with Gasteiger partial charge in [-0.2, -0.15) is 0 Å². The normalized spacial score (nSPS) is 10.3. The van der Waals surface area contributed by atoms with E-state index in [0.717, 1.165) is 24.3 Å². The maximum absolute atomic E-state index is 6.05. The molecule has 0 aliphatic carbocycles. The highest BCUT2D eigenvalue weighted by molar-refractivity contribution is 6.42. The minimum Gasteiger partial charge on any atom is -0.493 e. The Kier molecular flexibility index (Phi) is 6.69. The first kappa shape index (κ1) is 16.8. The highest BCUT2D eigenvalue weighted by Gasteiger charge is 2.05. The maximum atomic E-state index is 6.05. The topological polar surface area (TPSA) is 27.7 Å². The van der Waals surface area contributed by atoms with Crippen LogP contribution in [0, 0.1) is 0 Å². The number of hydrogen-bond acceptors (Lipinski definition) is 3. The average Bonchev–Trinajstić information content (AvgIpc) is 2.55. The molecular weight excluding hydrogens is 323 g/mol. The van der Waals surface area contributed by atoms with Crippen LogP contribution in [0.1, 0.15) is 12.8 Å². The van der Waals surface area contributed by atoms with Gasteiger partial charge in [0.2, 0.25) is 0 Å². The van der Waals surface area contributed by atoms with E-state index in [1.54, 1.807) is 19.2 Å². The minimum atomic E-state index is 0.453. The number of para-hydroxylation sites is 2. The molecule has 2 rings (SSSR count). The van der Waals surface area contributed by atoms with Crippen molar-refractivity contribution in [2.24, 2.45) is 0 Å². The van der Waals surface area contributed by atoms with Crippen LogP contribution in [0.3, 0.4) is 0 Å². The van der Waals surface area contributed by atoms with Crippen LogP contribution in [-0.4, -0.2) is 20.3 Å². The van der Waals surface area contributed by atoms with Crippen molar-refractivity contribution in [1.29, 1.82) is 0 Å². The Hall–Kier alpha value is -1.58. The van der Waals surface area contributed by atoms with Crippen LogP contribution in [0.25, 0.3) is 0 Å². The molecular formula is C17H18Cl2O3. The van der Waals surface area contributed by atoms with Crippen LogP contribution in [-0.2, 0) is 0 Å².